The normalized spacial score (nSPS) is 18.8. The van der Waals surface area contributed by atoms with Gasteiger partial charge in [-0.3, -0.25) is 14.4 Å². The monoisotopic (exact) mass is 368 g/mol. The molecule has 1 unspecified atom stereocenters. The zero-order valence-electron chi connectivity index (χ0n) is 14.8. The number of likely N-dealkylation sites (tertiary alicyclic amines) is 1. The molecule has 7 heteroatoms. The SMILES string of the molecule is O=C(O)CC1CCCN1C(=O)c1occc1CN1C(=O)Cc2ccccc21. The lowest BCUT2D eigenvalue weighted by molar-refractivity contribution is -0.138. The molecule has 2 aromatic rings. The number of hydrogen-bond donors (Lipinski definition) is 1. The molecule has 1 atom stereocenters. The first-order chi connectivity index (χ1) is 13.0. The molecular weight excluding hydrogens is 348 g/mol. The van der Waals surface area contributed by atoms with Crippen molar-refractivity contribution in [3.63, 3.8) is 0 Å². The van der Waals surface area contributed by atoms with E-state index >= 15 is 0 Å². The van der Waals surface area contributed by atoms with Crippen LogP contribution in [0.15, 0.2) is 41.0 Å². The van der Waals surface area contributed by atoms with Crippen molar-refractivity contribution < 1.29 is 23.9 Å². The fraction of sp³-hybridized carbons (Fsp3) is 0.350. The van der Waals surface area contributed by atoms with Gasteiger partial charge in [-0.25, -0.2) is 0 Å². The van der Waals surface area contributed by atoms with Gasteiger partial charge in [0.25, 0.3) is 5.91 Å². The Morgan fingerprint density at radius 3 is 2.85 bits per heavy atom. The fourth-order valence-electron chi connectivity index (χ4n) is 3.96. The maximum Gasteiger partial charge on any atom is 0.305 e. The number of nitrogens with zero attached hydrogens (tertiary/aromatic N) is 2. The Morgan fingerprint density at radius 2 is 2.04 bits per heavy atom. The van der Waals surface area contributed by atoms with E-state index in [4.69, 9.17) is 9.52 Å². The number of benzene rings is 1. The molecule has 2 aliphatic heterocycles. The van der Waals surface area contributed by atoms with Gasteiger partial charge in [-0.2, -0.15) is 0 Å². The Hall–Kier alpha value is -3.09. The summed E-state index contributed by atoms with van der Waals surface area (Å²) in [4.78, 5) is 39.7. The molecule has 0 radical (unpaired) electrons. The van der Waals surface area contributed by atoms with Gasteiger partial charge in [0.1, 0.15) is 0 Å². The second-order valence-electron chi connectivity index (χ2n) is 6.95. The van der Waals surface area contributed by atoms with Gasteiger partial charge in [0, 0.05) is 23.8 Å². The van der Waals surface area contributed by atoms with E-state index in [-0.39, 0.29) is 36.6 Å². The Morgan fingerprint density at radius 1 is 1.22 bits per heavy atom. The van der Waals surface area contributed by atoms with E-state index in [1.54, 1.807) is 15.9 Å². The predicted molar refractivity (Wildman–Crippen MR) is 96.4 cm³/mol. The number of amides is 2. The first-order valence-electron chi connectivity index (χ1n) is 9.02. The number of aliphatic carboxylic acids is 1. The molecule has 27 heavy (non-hydrogen) atoms. The molecule has 7 nitrogen and oxygen atoms in total. The van der Waals surface area contributed by atoms with E-state index < -0.39 is 5.97 Å². The topological polar surface area (TPSA) is 91.1 Å². The van der Waals surface area contributed by atoms with Gasteiger partial charge in [0.2, 0.25) is 5.91 Å². The fourth-order valence-corrected chi connectivity index (χ4v) is 3.96. The molecule has 3 heterocycles. The number of carboxylic acid groups (broad SMARTS) is 1. The number of anilines is 1. The Bertz CT molecular complexity index is 903. The second-order valence-corrected chi connectivity index (χ2v) is 6.95. The summed E-state index contributed by atoms with van der Waals surface area (Å²) in [6.45, 7) is 0.771. The third kappa shape index (κ3) is 3.20. The van der Waals surface area contributed by atoms with Gasteiger partial charge >= 0.3 is 5.97 Å². The molecule has 0 aliphatic carbocycles. The third-order valence-corrected chi connectivity index (χ3v) is 5.24. The van der Waals surface area contributed by atoms with Crippen molar-refractivity contribution in [2.24, 2.45) is 0 Å². The number of carbonyl (C=O) groups excluding carboxylic acids is 2. The van der Waals surface area contributed by atoms with Gasteiger partial charge in [-0.1, -0.05) is 18.2 Å². The van der Waals surface area contributed by atoms with Crippen molar-refractivity contribution in [3.05, 3.63) is 53.5 Å². The Balaban J connectivity index is 1.56. The molecular formula is C20H20N2O5. The Kier molecular flexibility index (Phi) is 4.43. The molecule has 1 aromatic heterocycles. The lowest BCUT2D eigenvalue weighted by atomic mass is 10.1. The van der Waals surface area contributed by atoms with Gasteiger partial charge in [-0.15, -0.1) is 0 Å². The number of hydrogen-bond acceptors (Lipinski definition) is 4. The average Bonchev–Trinajstić information content (AvgIpc) is 3.34. The van der Waals surface area contributed by atoms with Crippen molar-refractivity contribution in [2.45, 2.75) is 38.3 Å². The number of para-hydroxylation sites is 1. The van der Waals surface area contributed by atoms with E-state index in [2.05, 4.69) is 0 Å². The molecule has 2 amide bonds. The molecule has 1 aromatic carbocycles. The van der Waals surface area contributed by atoms with Crippen molar-refractivity contribution in [1.82, 2.24) is 4.90 Å². The van der Waals surface area contributed by atoms with Crippen LogP contribution in [0, 0.1) is 0 Å². The van der Waals surface area contributed by atoms with E-state index in [1.165, 1.54) is 6.26 Å². The van der Waals surface area contributed by atoms with E-state index in [0.717, 1.165) is 17.7 Å². The summed E-state index contributed by atoms with van der Waals surface area (Å²) >= 11 is 0. The summed E-state index contributed by atoms with van der Waals surface area (Å²) in [7, 11) is 0. The molecule has 0 bridgehead atoms. The minimum atomic E-state index is -0.918. The highest BCUT2D eigenvalue weighted by Crippen LogP contribution is 2.31. The van der Waals surface area contributed by atoms with Crippen molar-refractivity contribution in [3.8, 4) is 0 Å². The van der Waals surface area contributed by atoms with Crippen molar-refractivity contribution in [1.29, 1.82) is 0 Å². The summed E-state index contributed by atoms with van der Waals surface area (Å²) in [6.07, 6.45) is 3.17. The lowest BCUT2D eigenvalue weighted by Gasteiger charge is -2.23. The van der Waals surface area contributed by atoms with Crippen LogP contribution in [-0.4, -0.2) is 40.4 Å². The summed E-state index contributed by atoms with van der Waals surface area (Å²) < 4.78 is 5.45. The summed E-state index contributed by atoms with van der Waals surface area (Å²) in [5.74, 6) is -1.05. The van der Waals surface area contributed by atoms with Crippen LogP contribution >= 0.6 is 0 Å². The van der Waals surface area contributed by atoms with Crippen LogP contribution in [0.5, 0.6) is 0 Å². The van der Waals surface area contributed by atoms with E-state index in [0.29, 0.717) is 24.9 Å². The minimum absolute atomic E-state index is 0.0132. The maximum atomic E-state index is 13.0. The maximum absolute atomic E-state index is 13.0. The van der Waals surface area contributed by atoms with Crippen LogP contribution in [0.1, 0.15) is 40.9 Å². The largest absolute Gasteiger partial charge is 0.481 e. The smallest absolute Gasteiger partial charge is 0.305 e. The number of furan rings is 1. The van der Waals surface area contributed by atoms with Crippen LogP contribution in [0.2, 0.25) is 0 Å². The van der Waals surface area contributed by atoms with Crippen LogP contribution < -0.4 is 4.90 Å². The highest BCUT2D eigenvalue weighted by Gasteiger charge is 2.34. The first-order valence-corrected chi connectivity index (χ1v) is 9.02. The number of carboxylic acids is 1. The summed E-state index contributed by atoms with van der Waals surface area (Å²) in [5.41, 5.74) is 2.46. The van der Waals surface area contributed by atoms with Crippen LogP contribution in [0.4, 0.5) is 5.69 Å². The zero-order chi connectivity index (χ0) is 19.0. The van der Waals surface area contributed by atoms with Crippen LogP contribution in [0.25, 0.3) is 0 Å². The quantitative estimate of drug-likeness (QED) is 0.875. The molecule has 0 saturated carbocycles. The minimum Gasteiger partial charge on any atom is -0.481 e. The van der Waals surface area contributed by atoms with Gasteiger partial charge < -0.3 is 19.3 Å². The zero-order valence-corrected chi connectivity index (χ0v) is 14.8. The van der Waals surface area contributed by atoms with Gasteiger partial charge in [-0.05, 0) is 30.5 Å². The number of rotatable bonds is 5. The van der Waals surface area contributed by atoms with E-state index in [9.17, 15) is 14.4 Å². The van der Waals surface area contributed by atoms with Crippen LogP contribution in [-0.2, 0) is 22.6 Å². The standard InChI is InChI=1S/C20H20N2O5/c23-17-10-13-4-1-2-6-16(13)22(17)12-14-7-9-27-19(14)20(26)21-8-3-5-15(21)11-18(24)25/h1-2,4,6-7,9,15H,3,5,8,10-12H2,(H,24,25). The highest BCUT2D eigenvalue weighted by atomic mass is 16.4. The summed E-state index contributed by atoms with van der Waals surface area (Å²) in [6, 6.07) is 8.98. The molecule has 0 spiro atoms. The van der Waals surface area contributed by atoms with E-state index in [1.807, 2.05) is 24.3 Å². The van der Waals surface area contributed by atoms with Crippen molar-refractivity contribution >= 4 is 23.5 Å². The van der Waals surface area contributed by atoms with Gasteiger partial charge in [0.05, 0.1) is 25.6 Å². The molecule has 1 saturated heterocycles. The number of carbonyl (C=O) groups is 3. The molecule has 2 aliphatic rings. The Labute approximate surface area is 156 Å². The van der Waals surface area contributed by atoms with Crippen molar-refractivity contribution in [2.75, 3.05) is 11.4 Å². The number of fused-ring (bicyclic) bond motifs is 1. The average molecular weight is 368 g/mol. The van der Waals surface area contributed by atoms with Crippen LogP contribution in [0.3, 0.4) is 0 Å². The highest BCUT2D eigenvalue weighted by molar-refractivity contribution is 6.01. The first kappa shape index (κ1) is 17.3. The molecule has 1 N–H and O–H groups in total. The lowest BCUT2D eigenvalue weighted by Crippen LogP contribution is -2.37. The summed E-state index contributed by atoms with van der Waals surface area (Å²) in [5, 5.41) is 9.06. The molecule has 140 valence electrons. The molecule has 4 rings (SSSR count). The predicted octanol–water partition coefficient (Wildman–Crippen LogP) is 2.45. The van der Waals surface area contributed by atoms with Gasteiger partial charge in [0.15, 0.2) is 5.76 Å². The second kappa shape index (κ2) is 6.90. The third-order valence-electron chi connectivity index (χ3n) is 5.24. The molecule has 1 fully saturated rings.